The van der Waals surface area contributed by atoms with Gasteiger partial charge in [0.25, 0.3) is 0 Å². The van der Waals surface area contributed by atoms with Gasteiger partial charge < -0.3 is 15.0 Å². The molecular weight excluding hydrogens is 407 g/mol. The summed E-state index contributed by atoms with van der Waals surface area (Å²) in [6.45, 7) is 2.55. The number of carbonyl (C=O) groups is 1. The van der Waals surface area contributed by atoms with Gasteiger partial charge >= 0.3 is 0 Å². The summed E-state index contributed by atoms with van der Waals surface area (Å²) < 4.78 is 1.85. The number of para-hydroxylation sites is 1. The Balaban J connectivity index is 1.72. The molecular formula is C18H16Cl2N4O2S. The number of amides is 1. The van der Waals surface area contributed by atoms with E-state index in [0.29, 0.717) is 38.8 Å². The molecule has 6 nitrogen and oxygen atoms in total. The summed E-state index contributed by atoms with van der Waals surface area (Å²) in [6.07, 6.45) is 0. The van der Waals surface area contributed by atoms with E-state index in [-0.39, 0.29) is 17.4 Å². The lowest BCUT2D eigenvalue weighted by Gasteiger charge is -2.09. The molecule has 1 amide bonds. The predicted octanol–water partition coefficient (Wildman–Crippen LogP) is 4.71. The minimum absolute atomic E-state index is 0.127. The first-order valence-corrected chi connectivity index (χ1v) is 9.83. The van der Waals surface area contributed by atoms with Gasteiger partial charge in [-0.15, -0.1) is 10.2 Å². The summed E-state index contributed by atoms with van der Waals surface area (Å²) in [4.78, 5) is 12.2. The van der Waals surface area contributed by atoms with Gasteiger partial charge in [0.2, 0.25) is 5.91 Å². The Morgan fingerprint density at radius 2 is 1.96 bits per heavy atom. The Kier molecular flexibility index (Phi) is 6.26. The number of rotatable bonds is 6. The van der Waals surface area contributed by atoms with Crippen molar-refractivity contribution in [3.05, 3.63) is 52.5 Å². The van der Waals surface area contributed by atoms with Gasteiger partial charge in [-0.2, -0.15) is 0 Å². The predicted molar refractivity (Wildman–Crippen MR) is 109 cm³/mol. The Morgan fingerprint density at radius 1 is 1.19 bits per heavy atom. The molecule has 3 rings (SSSR count). The third kappa shape index (κ3) is 4.37. The second-order valence-electron chi connectivity index (χ2n) is 5.51. The molecule has 0 unspecified atom stereocenters. The smallest absolute Gasteiger partial charge is 0.234 e. The highest BCUT2D eigenvalue weighted by atomic mass is 35.5. The lowest BCUT2D eigenvalue weighted by molar-refractivity contribution is -0.113. The highest BCUT2D eigenvalue weighted by Gasteiger charge is 2.17. The molecule has 0 saturated carbocycles. The summed E-state index contributed by atoms with van der Waals surface area (Å²) in [5.41, 5.74) is 1.05. The summed E-state index contributed by atoms with van der Waals surface area (Å²) in [6, 6.07) is 12.0. The molecule has 0 saturated heterocycles. The minimum atomic E-state index is -0.237. The summed E-state index contributed by atoms with van der Waals surface area (Å²) in [5, 5.41) is 22.4. The van der Waals surface area contributed by atoms with E-state index >= 15 is 0 Å². The maximum Gasteiger partial charge on any atom is 0.234 e. The van der Waals surface area contributed by atoms with Gasteiger partial charge in [0.1, 0.15) is 5.75 Å². The highest BCUT2D eigenvalue weighted by Crippen LogP contribution is 2.31. The standard InChI is InChI=1S/C18H16Cl2N4O2S/c1-2-24-17(11-6-3-4-9-14(11)25)22-23-18(24)27-10-15(26)21-13-8-5-7-12(19)16(13)20/h3-9,25H,2,10H2,1H3,(H,21,26). The maximum absolute atomic E-state index is 12.2. The highest BCUT2D eigenvalue weighted by molar-refractivity contribution is 7.99. The number of aromatic nitrogens is 3. The second kappa shape index (κ2) is 8.65. The molecule has 27 heavy (non-hydrogen) atoms. The first-order valence-electron chi connectivity index (χ1n) is 8.09. The maximum atomic E-state index is 12.2. The Morgan fingerprint density at radius 3 is 2.70 bits per heavy atom. The lowest BCUT2D eigenvalue weighted by atomic mass is 10.2. The molecule has 2 aromatic carbocycles. The van der Waals surface area contributed by atoms with Crippen molar-refractivity contribution in [2.45, 2.75) is 18.6 Å². The van der Waals surface area contributed by atoms with Crippen molar-refractivity contribution in [2.24, 2.45) is 0 Å². The third-order valence-corrected chi connectivity index (χ3v) is 5.52. The molecule has 140 valence electrons. The largest absolute Gasteiger partial charge is 0.507 e. The van der Waals surface area contributed by atoms with Crippen molar-refractivity contribution < 1.29 is 9.90 Å². The van der Waals surface area contributed by atoms with Crippen LogP contribution in [-0.2, 0) is 11.3 Å². The third-order valence-electron chi connectivity index (χ3n) is 3.74. The van der Waals surface area contributed by atoms with Gasteiger partial charge in [-0.3, -0.25) is 4.79 Å². The van der Waals surface area contributed by atoms with Crippen molar-refractivity contribution in [2.75, 3.05) is 11.1 Å². The number of halogens is 2. The van der Waals surface area contributed by atoms with E-state index in [0.717, 1.165) is 0 Å². The summed E-state index contributed by atoms with van der Waals surface area (Å²) >= 11 is 13.3. The quantitative estimate of drug-likeness (QED) is 0.562. The fourth-order valence-corrected chi connectivity index (χ4v) is 3.61. The number of hydrogen-bond acceptors (Lipinski definition) is 5. The average molecular weight is 423 g/mol. The van der Waals surface area contributed by atoms with E-state index in [1.165, 1.54) is 11.8 Å². The lowest BCUT2D eigenvalue weighted by Crippen LogP contribution is -2.15. The fourth-order valence-electron chi connectivity index (χ4n) is 2.46. The molecule has 2 N–H and O–H groups in total. The number of aromatic hydroxyl groups is 1. The molecule has 0 atom stereocenters. The van der Waals surface area contributed by atoms with Crippen LogP contribution in [0.2, 0.25) is 10.0 Å². The number of benzene rings is 2. The monoisotopic (exact) mass is 422 g/mol. The van der Waals surface area contributed by atoms with E-state index in [9.17, 15) is 9.90 Å². The molecule has 0 fully saturated rings. The average Bonchev–Trinajstić information content (AvgIpc) is 3.07. The Bertz CT molecular complexity index is 978. The Hall–Kier alpha value is -2.22. The van der Waals surface area contributed by atoms with Gasteiger partial charge in [-0.1, -0.05) is 53.2 Å². The topological polar surface area (TPSA) is 80.0 Å². The molecule has 9 heteroatoms. The van der Waals surface area contributed by atoms with Crippen LogP contribution < -0.4 is 5.32 Å². The van der Waals surface area contributed by atoms with Crippen LogP contribution in [0.3, 0.4) is 0 Å². The van der Waals surface area contributed by atoms with Crippen molar-refractivity contribution in [1.29, 1.82) is 0 Å². The van der Waals surface area contributed by atoms with Gasteiger partial charge in [0.15, 0.2) is 11.0 Å². The van der Waals surface area contributed by atoms with Crippen LogP contribution in [0.4, 0.5) is 5.69 Å². The van der Waals surface area contributed by atoms with Gasteiger partial charge in [0, 0.05) is 6.54 Å². The van der Waals surface area contributed by atoms with Crippen LogP contribution >= 0.6 is 35.0 Å². The van der Waals surface area contributed by atoms with Crippen LogP contribution in [0.5, 0.6) is 5.75 Å². The number of anilines is 1. The number of nitrogens with zero attached hydrogens (tertiary/aromatic N) is 3. The molecule has 0 bridgehead atoms. The van der Waals surface area contributed by atoms with Crippen molar-refractivity contribution in [3.8, 4) is 17.1 Å². The first-order chi connectivity index (χ1) is 13.0. The Labute approximate surface area is 170 Å². The molecule has 0 aliphatic rings. The van der Waals surface area contributed by atoms with E-state index in [2.05, 4.69) is 15.5 Å². The number of phenolic OH excluding ortho intramolecular Hbond substituents is 1. The van der Waals surface area contributed by atoms with E-state index in [4.69, 9.17) is 23.2 Å². The van der Waals surface area contributed by atoms with Gasteiger partial charge in [-0.05, 0) is 31.2 Å². The first kappa shape index (κ1) is 19.5. The number of hydrogen-bond donors (Lipinski definition) is 2. The molecule has 1 aromatic heterocycles. The molecule has 0 spiro atoms. The van der Waals surface area contributed by atoms with Crippen molar-refractivity contribution in [1.82, 2.24) is 14.8 Å². The van der Waals surface area contributed by atoms with Crippen LogP contribution in [0.1, 0.15) is 6.92 Å². The van der Waals surface area contributed by atoms with Crippen molar-refractivity contribution >= 4 is 46.6 Å². The van der Waals surface area contributed by atoms with Crippen LogP contribution in [0, 0.1) is 0 Å². The zero-order valence-electron chi connectivity index (χ0n) is 14.3. The van der Waals surface area contributed by atoms with Crippen LogP contribution in [-0.4, -0.2) is 31.5 Å². The van der Waals surface area contributed by atoms with E-state index < -0.39 is 0 Å². The summed E-state index contributed by atoms with van der Waals surface area (Å²) in [5.74, 6) is 0.571. The molecule has 3 aromatic rings. The zero-order chi connectivity index (χ0) is 19.4. The van der Waals surface area contributed by atoms with Crippen molar-refractivity contribution in [3.63, 3.8) is 0 Å². The molecule has 0 aliphatic carbocycles. The minimum Gasteiger partial charge on any atom is -0.507 e. The SMILES string of the molecule is CCn1c(SCC(=O)Nc2cccc(Cl)c2Cl)nnc1-c1ccccc1O. The van der Waals surface area contributed by atoms with Crippen LogP contribution in [0.25, 0.3) is 11.4 Å². The normalized spacial score (nSPS) is 10.8. The number of phenols is 1. The fraction of sp³-hybridized carbons (Fsp3) is 0.167. The molecule has 0 aliphatic heterocycles. The van der Waals surface area contributed by atoms with Gasteiger partial charge in [-0.25, -0.2) is 0 Å². The van der Waals surface area contributed by atoms with E-state index in [1.807, 2.05) is 17.6 Å². The number of carbonyl (C=O) groups excluding carboxylic acids is 1. The molecule has 1 heterocycles. The number of thioether (sulfide) groups is 1. The van der Waals surface area contributed by atoms with Gasteiger partial charge in [0.05, 0.1) is 27.0 Å². The van der Waals surface area contributed by atoms with E-state index in [1.54, 1.807) is 36.4 Å². The molecule has 0 radical (unpaired) electrons. The summed E-state index contributed by atoms with van der Waals surface area (Å²) in [7, 11) is 0. The van der Waals surface area contributed by atoms with Crippen LogP contribution in [0.15, 0.2) is 47.6 Å². The second-order valence-corrected chi connectivity index (χ2v) is 7.23. The number of nitrogens with one attached hydrogen (secondary N) is 1. The zero-order valence-corrected chi connectivity index (χ0v) is 16.6.